The maximum atomic E-state index is 12.1. The summed E-state index contributed by atoms with van der Waals surface area (Å²) < 4.78 is 0. The molecule has 0 aliphatic carbocycles. The number of amides is 1. The molecule has 3 heteroatoms. The Bertz CT molecular complexity index is 370. The van der Waals surface area contributed by atoms with E-state index in [1.165, 1.54) is 0 Å². The van der Waals surface area contributed by atoms with E-state index in [2.05, 4.69) is 0 Å². The third-order valence-corrected chi connectivity index (χ3v) is 3.00. The van der Waals surface area contributed by atoms with Crippen molar-refractivity contribution in [1.82, 2.24) is 4.90 Å². The number of hydrogen-bond donors (Lipinski definition) is 1. The summed E-state index contributed by atoms with van der Waals surface area (Å²) in [6.45, 7) is 2.43. The Hall–Kier alpha value is -1.35. The molecule has 0 bridgehead atoms. The molecule has 0 atom stereocenters. The number of benzene rings is 1. The van der Waals surface area contributed by atoms with Crippen LogP contribution in [0.2, 0.25) is 0 Å². The number of rotatable bonds is 3. The summed E-state index contributed by atoms with van der Waals surface area (Å²) in [6, 6.07) is 7.82. The van der Waals surface area contributed by atoms with E-state index < -0.39 is 0 Å². The van der Waals surface area contributed by atoms with Gasteiger partial charge in [-0.15, -0.1) is 0 Å². The average Bonchev–Trinajstić information content (AvgIpc) is 2.82. The Balaban J connectivity index is 2.12. The Morgan fingerprint density at radius 3 is 2.75 bits per heavy atom. The molecule has 86 valence electrons. The minimum absolute atomic E-state index is 0.163. The van der Waals surface area contributed by atoms with Gasteiger partial charge in [-0.25, -0.2) is 0 Å². The average molecular weight is 218 g/mol. The van der Waals surface area contributed by atoms with Crippen LogP contribution in [0.1, 0.15) is 28.8 Å². The predicted octanol–water partition coefficient (Wildman–Crippen LogP) is 1.42. The fourth-order valence-corrected chi connectivity index (χ4v) is 2.13. The molecule has 2 rings (SSSR count). The van der Waals surface area contributed by atoms with Gasteiger partial charge in [-0.05, 0) is 43.5 Å². The molecular weight excluding hydrogens is 200 g/mol. The molecule has 1 aromatic carbocycles. The molecule has 0 radical (unpaired) electrons. The molecule has 16 heavy (non-hydrogen) atoms. The summed E-state index contributed by atoms with van der Waals surface area (Å²) in [5.41, 5.74) is 7.46. The first kappa shape index (κ1) is 11.1. The zero-order valence-corrected chi connectivity index (χ0v) is 9.48. The van der Waals surface area contributed by atoms with Gasteiger partial charge in [0.15, 0.2) is 0 Å². The van der Waals surface area contributed by atoms with Crippen LogP contribution in [0.5, 0.6) is 0 Å². The Morgan fingerprint density at radius 1 is 1.31 bits per heavy atom. The molecular formula is C13H18N2O. The lowest BCUT2D eigenvalue weighted by Crippen LogP contribution is -2.27. The highest BCUT2D eigenvalue weighted by Gasteiger charge is 2.19. The summed E-state index contributed by atoms with van der Waals surface area (Å²) in [4.78, 5) is 14.0. The van der Waals surface area contributed by atoms with Crippen LogP contribution in [-0.2, 0) is 6.42 Å². The zero-order valence-electron chi connectivity index (χ0n) is 9.48. The van der Waals surface area contributed by atoms with Crippen LogP contribution in [0, 0.1) is 0 Å². The summed E-state index contributed by atoms with van der Waals surface area (Å²) in [5.74, 6) is 0.163. The molecule has 0 saturated carbocycles. The van der Waals surface area contributed by atoms with Crippen LogP contribution in [0.3, 0.4) is 0 Å². The normalized spacial score (nSPS) is 15.4. The highest BCUT2D eigenvalue weighted by Crippen LogP contribution is 2.14. The van der Waals surface area contributed by atoms with E-state index in [1.807, 2.05) is 29.2 Å². The smallest absolute Gasteiger partial charge is 0.253 e. The quantitative estimate of drug-likeness (QED) is 0.834. The van der Waals surface area contributed by atoms with Crippen molar-refractivity contribution in [2.45, 2.75) is 19.3 Å². The molecule has 1 amide bonds. The highest BCUT2D eigenvalue weighted by molar-refractivity contribution is 5.94. The van der Waals surface area contributed by atoms with E-state index >= 15 is 0 Å². The number of nitrogens with two attached hydrogens (primary N) is 1. The van der Waals surface area contributed by atoms with Crippen LogP contribution in [0.15, 0.2) is 24.3 Å². The van der Waals surface area contributed by atoms with Gasteiger partial charge >= 0.3 is 0 Å². The molecule has 1 aromatic rings. The molecule has 3 nitrogen and oxygen atoms in total. The summed E-state index contributed by atoms with van der Waals surface area (Å²) >= 11 is 0. The molecule has 0 spiro atoms. The van der Waals surface area contributed by atoms with Gasteiger partial charge in [0.2, 0.25) is 0 Å². The molecule has 1 fully saturated rings. The van der Waals surface area contributed by atoms with Gasteiger partial charge in [0.05, 0.1) is 0 Å². The fourth-order valence-electron chi connectivity index (χ4n) is 2.13. The first-order valence-electron chi connectivity index (χ1n) is 5.89. The van der Waals surface area contributed by atoms with E-state index in [1.54, 1.807) is 0 Å². The Labute approximate surface area is 96.2 Å². The minimum atomic E-state index is 0.163. The van der Waals surface area contributed by atoms with Crippen molar-refractivity contribution in [3.8, 4) is 0 Å². The number of carbonyl (C=O) groups is 1. The molecule has 0 aromatic heterocycles. The molecule has 0 unspecified atom stereocenters. The van der Waals surface area contributed by atoms with Crippen LogP contribution in [0.4, 0.5) is 0 Å². The van der Waals surface area contributed by atoms with E-state index in [-0.39, 0.29) is 5.91 Å². The number of carbonyl (C=O) groups excluding carboxylic acids is 1. The lowest BCUT2D eigenvalue weighted by Gasteiger charge is -2.15. The van der Waals surface area contributed by atoms with Crippen molar-refractivity contribution in [2.24, 2.45) is 5.73 Å². The van der Waals surface area contributed by atoms with Gasteiger partial charge in [0.25, 0.3) is 5.91 Å². The third-order valence-electron chi connectivity index (χ3n) is 3.00. The summed E-state index contributed by atoms with van der Waals surface area (Å²) in [6.07, 6.45) is 3.10. The van der Waals surface area contributed by atoms with Crippen molar-refractivity contribution in [2.75, 3.05) is 19.6 Å². The number of hydrogen-bond acceptors (Lipinski definition) is 2. The third kappa shape index (κ3) is 2.42. The van der Waals surface area contributed by atoms with Crippen LogP contribution < -0.4 is 5.73 Å². The van der Waals surface area contributed by atoms with E-state index in [0.29, 0.717) is 6.54 Å². The molecule has 2 N–H and O–H groups in total. The largest absolute Gasteiger partial charge is 0.339 e. The van der Waals surface area contributed by atoms with Gasteiger partial charge in [0, 0.05) is 18.7 Å². The maximum absolute atomic E-state index is 12.1. The van der Waals surface area contributed by atoms with Crippen molar-refractivity contribution >= 4 is 5.91 Å². The van der Waals surface area contributed by atoms with Crippen LogP contribution >= 0.6 is 0 Å². The second-order valence-corrected chi connectivity index (χ2v) is 4.24. The van der Waals surface area contributed by atoms with Gasteiger partial charge < -0.3 is 10.6 Å². The van der Waals surface area contributed by atoms with Crippen LogP contribution in [-0.4, -0.2) is 30.4 Å². The topological polar surface area (TPSA) is 46.3 Å². The van der Waals surface area contributed by atoms with Crippen molar-refractivity contribution < 1.29 is 4.79 Å². The van der Waals surface area contributed by atoms with Crippen LogP contribution in [0.25, 0.3) is 0 Å². The molecule has 1 saturated heterocycles. The Morgan fingerprint density at radius 2 is 2.06 bits per heavy atom. The second-order valence-electron chi connectivity index (χ2n) is 4.24. The number of likely N-dealkylation sites (tertiary alicyclic amines) is 1. The summed E-state index contributed by atoms with van der Waals surface area (Å²) in [5, 5.41) is 0. The lowest BCUT2D eigenvalue weighted by atomic mass is 10.1. The molecule has 1 aliphatic rings. The van der Waals surface area contributed by atoms with Crippen molar-refractivity contribution in [3.05, 3.63) is 35.4 Å². The Kier molecular flexibility index (Phi) is 3.57. The van der Waals surface area contributed by atoms with E-state index in [9.17, 15) is 4.79 Å². The predicted molar refractivity (Wildman–Crippen MR) is 64.3 cm³/mol. The second kappa shape index (κ2) is 5.12. The van der Waals surface area contributed by atoms with Gasteiger partial charge in [0.1, 0.15) is 0 Å². The first-order chi connectivity index (χ1) is 7.81. The lowest BCUT2D eigenvalue weighted by molar-refractivity contribution is 0.0792. The van der Waals surface area contributed by atoms with E-state index in [4.69, 9.17) is 5.73 Å². The SMILES string of the molecule is NCCc1cccc(C(=O)N2CCCC2)c1. The van der Waals surface area contributed by atoms with Gasteiger partial charge in [-0.1, -0.05) is 12.1 Å². The molecule has 1 heterocycles. The zero-order chi connectivity index (χ0) is 11.4. The fraction of sp³-hybridized carbons (Fsp3) is 0.462. The van der Waals surface area contributed by atoms with E-state index in [0.717, 1.165) is 43.5 Å². The van der Waals surface area contributed by atoms with Crippen molar-refractivity contribution in [3.63, 3.8) is 0 Å². The molecule has 1 aliphatic heterocycles. The van der Waals surface area contributed by atoms with Gasteiger partial charge in [-0.2, -0.15) is 0 Å². The monoisotopic (exact) mass is 218 g/mol. The maximum Gasteiger partial charge on any atom is 0.253 e. The van der Waals surface area contributed by atoms with Crippen molar-refractivity contribution in [1.29, 1.82) is 0 Å². The standard InChI is InChI=1S/C13H18N2O/c14-7-6-11-4-3-5-12(10-11)13(16)15-8-1-2-9-15/h3-5,10H,1-2,6-9,14H2. The summed E-state index contributed by atoms with van der Waals surface area (Å²) in [7, 11) is 0. The van der Waals surface area contributed by atoms with Gasteiger partial charge in [-0.3, -0.25) is 4.79 Å². The minimum Gasteiger partial charge on any atom is -0.339 e. The first-order valence-corrected chi connectivity index (χ1v) is 5.89. The number of nitrogens with zero attached hydrogens (tertiary/aromatic N) is 1. The highest BCUT2D eigenvalue weighted by atomic mass is 16.2.